The SMILES string of the molecule is CC(=O)NCc1ccc(C(=O)NCCC(c2ccccc2)c2ccccc2)cc1. The summed E-state index contributed by atoms with van der Waals surface area (Å²) in [5, 5.41) is 5.78. The van der Waals surface area contributed by atoms with Crippen molar-refractivity contribution in [1.29, 1.82) is 0 Å². The average Bonchev–Trinajstić information content (AvgIpc) is 2.76. The Morgan fingerprint density at radius 1 is 0.759 bits per heavy atom. The van der Waals surface area contributed by atoms with Crippen molar-refractivity contribution >= 4 is 11.8 Å². The van der Waals surface area contributed by atoms with E-state index in [0.29, 0.717) is 18.7 Å². The van der Waals surface area contributed by atoms with Gasteiger partial charge in [0.15, 0.2) is 0 Å². The van der Waals surface area contributed by atoms with Gasteiger partial charge < -0.3 is 10.6 Å². The maximum Gasteiger partial charge on any atom is 0.251 e. The monoisotopic (exact) mass is 386 g/mol. The van der Waals surface area contributed by atoms with Crippen LogP contribution in [0, 0.1) is 0 Å². The standard InChI is InChI=1S/C25H26N2O2/c1-19(28)27-18-20-12-14-23(15-13-20)25(29)26-17-16-24(21-8-4-2-5-9-21)22-10-6-3-7-11-22/h2-15,24H,16-18H2,1H3,(H,26,29)(H,27,28). The molecule has 0 unspecified atom stereocenters. The van der Waals surface area contributed by atoms with Crippen LogP contribution in [0.3, 0.4) is 0 Å². The van der Waals surface area contributed by atoms with Gasteiger partial charge in [0.25, 0.3) is 5.91 Å². The van der Waals surface area contributed by atoms with E-state index in [0.717, 1.165) is 12.0 Å². The zero-order valence-corrected chi connectivity index (χ0v) is 16.6. The van der Waals surface area contributed by atoms with Gasteiger partial charge in [0.05, 0.1) is 0 Å². The smallest absolute Gasteiger partial charge is 0.251 e. The van der Waals surface area contributed by atoms with E-state index in [4.69, 9.17) is 0 Å². The Balaban J connectivity index is 1.59. The van der Waals surface area contributed by atoms with Crippen LogP contribution in [0.1, 0.15) is 46.3 Å². The molecule has 0 aliphatic rings. The zero-order chi connectivity index (χ0) is 20.5. The first-order valence-corrected chi connectivity index (χ1v) is 9.85. The molecule has 3 rings (SSSR count). The van der Waals surface area contributed by atoms with Crippen LogP contribution in [0.2, 0.25) is 0 Å². The largest absolute Gasteiger partial charge is 0.352 e. The summed E-state index contributed by atoms with van der Waals surface area (Å²) in [7, 11) is 0. The summed E-state index contributed by atoms with van der Waals surface area (Å²) in [6.07, 6.45) is 0.820. The zero-order valence-electron chi connectivity index (χ0n) is 16.6. The van der Waals surface area contributed by atoms with Gasteiger partial charge in [-0.1, -0.05) is 72.8 Å². The summed E-state index contributed by atoms with van der Waals surface area (Å²) in [6, 6.07) is 28.1. The number of nitrogens with one attached hydrogen (secondary N) is 2. The van der Waals surface area contributed by atoms with Crippen molar-refractivity contribution in [2.75, 3.05) is 6.54 Å². The van der Waals surface area contributed by atoms with Crippen molar-refractivity contribution in [3.63, 3.8) is 0 Å². The van der Waals surface area contributed by atoms with Crippen molar-refractivity contribution in [3.05, 3.63) is 107 Å². The second-order valence-electron chi connectivity index (χ2n) is 7.03. The summed E-state index contributed by atoms with van der Waals surface area (Å²) in [6.45, 7) is 2.54. The first kappa shape index (κ1) is 20.3. The second-order valence-corrected chi connectivity index (χ2v) is 7.03. The molecule has 3 aromatic rings. The maximum absolute atomic E-state index is 12.5. The topological polar surface area (TPSA) is 58.2 Å². The lowest BCUT2D eigenvalue weighted by atomic mass is 9.88. The van der Waals surface area contributed by atoms with E-state index in [9.17, 15) is 9.59 Å². The third-order valence-corrected chi connectivity index (χ3v) is 4.88. The number of hydrogen-bond acceptors (Lipinski definition) is 2. The van der Waals surface area contributed by atoms with E-state index in [1.807, 2.05) is 48.5 Å². The normalized spacial score (nSPS) is 10.6. The lowest BCUT2D eigenvalue weighted by Crippen LogP contribution is -2.26. The highest BCUT2D eigenvalue weighted by atomic mass is 16.2. The van der Waals surface area contributed by atoms with Gasteiger partial charge in [-0.05, 0) is 35.2 Å². The fraction of sp³-hybridized carbons (Fsp3) is 0.200. The number of carbonyl (C=O) groups excluding carboxylic acids is 2. The Morgan fingerprint density at radius 2 is 1.31 bits per heavy atom. The molecular weight excluding hydrogens is 360 g/mol. The van der Waals surface area contributed by atoms with Gasteiger partial charge in [0.1, 0.15) is 0 Å². The third-order valence-electron chi connectivity index (χ3n) is 4.88. The van der Waals surface area contributed by atoms with Crippen molar-refractivity contribution in [1.82, 2.24) is 10.6 Å². The van der Waals surface area contributed by atoms with E-state index >= 15 is 0 Å². The molecule has 0 aliphatic heterocycles. The number of amides is 2. The Bertz CT molecular complexity index is 883. The second kappa shape index (κ2) is 10.2. The molecule has 0 fully saturated rings. The van der Waals surface area contributed by atoms with Crippen LogP contribution in [0.25, 0.3) is 0 Å². The van der Waals surface area contributed by atoms with Gasteiger partial charge >= 0.3 is 0 Å². The highest BCUT2D eigenvalue weighted by Crippen LogP contribution is 2.27. The molecule has 2 amide bonds. The highest BCUT2D eigenvalue weighted by Gasteiger charge is 2.14. The summed E-state index contributed by atoms with van der Waals surface area (Å²) < 4.78 is 0. The molecule has 3 aromatic carbocycles. The van der Waals surface area contributed by atoms with E-state index in [1.165, 1.54) is 18.1 Å². The van der Waals surface area contributed by atoms with Crippen LogP contribution in [-0.2, 0) is 11.3 Å². The average molecular weight is 386 g/mol. The number of carbonyl (C=O) groups is 2. The lowest BCUT2D eigenvalue weighted by Gasteiger charge is -2.18. The highest BCUT2D eigenvalue weighted by molar-refractivity contribution is 5.94. The summed E-state index contributed by atoms with van der Waals surface area (Å²) in [4.78, 5) is 23.5. The Morgan fingerprint density at radius 3 is 1.83 bits per heavy atom. The molecule has 0 saturated carbocycles. The van der Waals surface area contributed by atoms with E-state index < -0.39 is 0 Å². The molecule has 148 valence electrons. The van der Waals surface area contributed by atoms with Gasteiger partial charge in [-0.15, -0.1) is 0 Å². The van der Waals surface area contributed by atoms with Crippen LogP contribution < -0.4 is 10.6 Å². The van der Waals surface area contributed by atoms with Gasteiger partial charge in [-0.2, -0.15) is 0 Å². The van der Waals surface area contributed by atoms with Crippen molar-refractivity contribution < 1.29 is 9.59 Å². The predicted molar refractivity (Wildman–Crippen MR) is 116 cm³/mol. The fourth-order valence-corrected chi connectivity index (χ4v) is 3.33. The van der Waals surface area contributed by atoms with Crippen LogP contribution in [-0.4, -0.2) is 18.4 Å². The van der Waals surface area contributed by atoms with E-state index in [1.54, 1.807) is 12.1 Å². The predicted octanol–water partition coefficient (Wildman–Crippen LogP) is 4.27. The summed E-state index contributed by atoms with van der Waals surface area (Å²) >= 11 is 0. The van der Waals surface area contributed by atoms with Gasteiger partial charge in [0.2, 0.25) is 5.91 Å². The van der Waals surface area contributed by atoms with Crippen molar-refractivity contribution in [2.24, 2.45) is 0 Å². The van der Waals surface area contributed by atoms with Crippen LogP contribution in [0.5, 0.6) is 0 Å². The molecule has 4 heteroatoms. The summed E-state index contributed by atoms with van der Waals surface area (Å²) in [5.41, 5.74) is 4.07. The molecule has 0 spiro atoms. The van der Waals surface area contributed by atoms with Crippen LogP contribution in [0.4, 0.5) is 0 Å². The minimum Gasteiger partial charge on any atom is -0.352 e. The minimum atomic E-state index is -0.0871. The summed E-state index contributed by atoms with van der Waals surface area (Å²) in [5.74, 6) is 0.0758. The minimum absolute atomic E-state index is 0.0711. The van der Waals surface area contributed by atoms with Gasteiger partial charge in [-0.25, -0.2) is 0 Å². The molecule has 0 radical (unpaired) electrons. The van der Waals surface area contributed by atoms with Crippen molar-refractivity contribution in [2.45, 2.75) is 25.8 Å². The van der Waals surface area contributed by atoms with E-state index in [-0.39, 0.29) is 17.7 Å². The maximum atomic E-state index is 12.5. The third kappa shape index (κ3) is 6.04. The van der Waals surface area contributed by atoms with Crippen molar-refractivity contribution in [3.8, 4) is 0 Å². The first-order chi connectivity index (χ1) is 14.1. The molecule has 2 N–H and O–H groups in total. The van der Waals surface area contributed by atoms with E-state index in [2.05, 4.69) is 34.9 Å². The molecule has 4 nitrogen and oxygen atoms in total. The number of rotatable bonds is 8. The molecule has 0 aromatic heterocycles. The quantitative estimate of drug-likeness (QED) is 0.607. The Hall–Kier alpha value is -3.40. The number of benzene rings is 3. The lowest BCUT2D eigenvalue weighted by molar-refractivity contribution is -0.119. The molecule has 0 bridgehead atoms. The fourth-order valence-electron chi connectivity index (χ4n) is 3.33. The molecule has 0 aliphatic carbocycles. The van der Waals surface area contributed by atoms with Gasteiger partial charge in [0, 0.05) is 31.5 Å². The Kier molecular flexibility index (Phi) is 7.17. The van der Waals surface area contributed by atoms with Crippen LogP contribution >= 0.6 is 0 Å². The van der Waals surface area contributed by atoms with Gasteiger partial charge in [-0.3, -0.25) is 9.59 Å². The Labute approximate surface area is 172 Å². The first-order valence-electron chi connectivity index (χ1n) is 9.85. The molecule has 29 heavy (non-hydrogen) atoms. The molecule has 0 atom stereocenters. The molecule has 0 heterocycles. The van der Waals surface area contributed by atoms with Crippen LogP contribution in [0.15, 0.2) is 84.9 Å². The number of hydrogen-bond donors (Lipinski definition) is 2. The molecule has 0 saturated heterocycles. The molecular formula is C25H26N2O2.